The predicted octanol–water partition coefficient (Wildman–Crippen LogP) is 1.12. The number of halogens is 1. The second-order valence-corrected chi connectivity index (χ2v) is 7.19. The lowest BCUT2D eigenvalue weighted by Crippen LogP contribution is -2.27. The average molecular weight is 393 g/mol. The van der Waals surface area contributed by atoms with E-state index in [9.17, 15) is 17.6 Å². The molecule has 0 saturated carbocycles. The van der Waals surface area contributed by atoms with E-state index in [1.165, 1.54) is 30.3 Å². The van der Waals surface area contributed by atoms with Gasteiger partial charge < -0.3 is 10.6 Å². The summed E-state index contributed by atoms with van der Waals surface area (Å²) in [6, 6.07) is 9.92. The number of sulfonamides is 1. The summed E-state index contributed by atoms with van der Waals surface area (Å²) in [5.41, 5.74) is 3.16. The Morgan fingerprint density at radius 1 is 1.23 bits per heavy atom. The molecular weight excluding hydrogens is 381 g/mol. The number of nitrogens with two attached hydrogens (primary N) is 1. The molecule has 8 nitrogen and oxygen atoms in total. The lowest BCUT2D eigenvalue weighted by Gasteiger charge is -2.08. The van der Waals surface area contributed by atoms with Gasteiger partial charge in [-0.05, 0) is 36.5 Å². The van der Waals surface area contributed by atoms with Gasteiger partial charge in [-0.1, -0.05) is 18.2 Å². The van der Waals surface area contributed by atoms with Crippen LogP contribution >= 0.6 is 12.2 Å². The first-order valence-electron chi connectivity index (χ1n) is 7.13. The number of anilines is 2. The zero-order chi connectivity index (χ0) is 18.9. The molecule has 0 bridgehead atoms. The molecule has 0 atom stereocenters. The summed E-state index contributed by atoms with van der Waals surface area (Å²) in [6.07, 6.45) is 0. The van der Waals surface area contributed by atoms with Crippen LogP contribution in [0.2, 0.25) is 0 Å². The number of hydrogen-bond donors (Lipinski definition) is 4. The van der Waals surface area contributed by atoms with Crippen molar-refractivity contribution in [2.24, 2.45) is 10.2 Å². The van der Waals surface area contributed by atoms with Gasteiger partial charge >= 0.3 is 0 Å². The molecule has 0 aliphatic carbocycles. The number of hydrazone groups is 1. The van der Waals surface area contributed by atoms with E-state index in [-0.39, 0.29) is 21.4 Å². The van der Waals surface area contributed by atoms with Crippen molar-refractivity contribution in [3.05, 3.63) is 53.8 Å². The summed E-state index contributed by atoms with van der Waals surface area (Å²) >= 11 is 5.05. The van der Waals surface area contributed by atoms with E-state index in [2.05, 4.69) is 21.2 Å². The molecule has 11 heteroatoms. The van der Waals surface area contributed by atoms with Crippen molar-refractivity contribution in [2.75, 3.05) is 10.6 Å². The lowest BCUT2D eigenvalue weighted by atomic mass is 10.1. The van der Waals surface area contributed by atoms with Crippen molar-refractivity contribution in [2.45, 2.75) is 4.90 Å². The number of primary sulfonamides is 1. The molecule has 5 N–H and O–H groups in total. The Balaban J connectivity index is 1.75. The van der Waals surface area contributed by atoms with Crippen LogP contribution in [0.4, 0.5) is 15.8 Å². The number of amides is 1. The molecule has 1 aliphatic rings. The van der Waals surface area contributed by atoms with Gasteiger partial charge in [-0.25, -0.2) is 17.9 Å². The Labute approximate surface area is 153 Å². The van der Waals surface area contributed by atoms with Crippen molar-refractivity contribution in [1.29, 1.82) is 0 Å². The van der Waals surface area contributed by atoms with Gasteiger partial charge in [0.05, 0.1) is 10.6 Å². The predicted molar refractivity (Wildman–Crippen MR) is 98.7 cm³/mol. The van der Waals surface area contributed by atoms with Crippen LogP contribution in [-0.4, -0.2) is 25.1 Å². The molecule has 2 aromatic rings. The van der Waals surface area contributed by atoms with Crippen molar-refractivity contribution < 1.29 is 17.6 Å². The Hall–Kier alpha value is -2.89. The minimum atomic E-state index is -3.85. The summed E-state index contributed by atoms with van der Waals surface area (Å²) in [5, 5.41) is 14.1. The third-order valence-corrected chi connectivity index (χ3v) is 4.52. The van der Waals surface area contributed by atoms with E-state index < -0.39 is 21.7 Å². The summed E-state index contributed by atoms with van der Waals surface area (Å²) in [5.74, 6) is -1.14. The number of para-hydroxylation sites is 1. The average Bonchev–Trinajstić information content (AvgIpc) is 2.89. The standard InChI is InChI=1S/C15H12FN5O3S2/c16-11-6-2-5-10-12(11)19-14(22)13(10)20-21-15(25)18-8-3-1-4-9(7-8)26(17,23)24/h1-7H,(H2,17,23,24)(H2,18,21,25)(H,19,20,22). The van der Waals surface area contributed by atoms with Crippen LogP contribution < -0.4 is 21.2 Å². The number of hydrogen-bond acceptors (Lipinski definition) is 5. The molecule has 0 saturated heterocycles. The highest BCUT2D eigenvalue weighted by atomic mass is 32.2. The zero-order valence-electron chi connectivity index (χ0n) is 13.0. The highest BCUT2D eigenvalue weighted by Crippen LogP contribution is 2.26. The monoisotopic (exact) mass is 393 g/mol. The maximum atomic E-state index is 13.7. The molecule has 3 rings (SSSR count). The van der Waals surface area contributed by atoms with Crippen LogP contribution in [0.5, 0.6) is 0 Å². The van der Waals surface area contributed by atoms with Crippen LogP contribution in [0, 0.1) is 5.82 Å². The molecule has 0 aromatic heterocycles. The third kappa shape index (κ3) is 3.69. The van der Waals surface area contributed by atoms with Crippen LogP contribution in [0.15, 0.2) is 52.5 Å². The van der Waals surface area contributed by atoms with Gasteiger partial charge in [0.1, 0.15) is 5.82 Å². The number of nitrogens with one attached hydrogen (secondary N) is 3. The smallest absolute Gasteiger partial charge is 0.276 e. The van der Waals surface area contributed by atoms with Gasteiger partial charge in [0.2, 0.25) is 10.0 Å². The fraction of sp³-hybridized carbons (Fsp3) is 0. The zero-order valence-corrected chi connectivity index (χ0v) is 14.6. The highest BCUT2D eigenvalue weighted by molar-refractivity contribution is 7.89. The molecule has 134 valence electrons. The number of nitrogens with zero attached hydrogens (tertiary/aromatic N) is 1. The number of carbonyl (C=O) groups excluding carboxylic acids is 1. The highest BCUT2D eigenvalue weighted by Gasteiger charge is 2.28. The topological polar surface area (TPSA) is 126 Å². The molecular formula is C15H12FN5O3S2. The minimum absolute atomic E-state index is 0.00159. The molecule has 0 radical (unpaired) electrons. The van der Waals surface area contributed by atoms with Crippen LogP contribution in [0.25, 0.3) is 0 Å². The van der Waals surface area contributed by atoms with Crippen molar-refractivity contribution in [3.63, 3.8) is 0 Å². The second kappa shape index (κ2) is 6.78. The first kappa shape index (κ1) is 17.9. The summed E-state index contributed by atoms with van der Waals surface area (Å²) < 4.78 is 36.4. The van der Waals surface area contributed by atoms with Gasteiger partial charge in [-0.3, -0.25) is 10.2 Å². The van der Waals surface area contributed by atoms with Crippen LogP contribution in [0.1, 0.15) is 5.56 Å². The molecule has 0 spiro atoms. The fourth-order valence-electron chi connectivity index (χ4n) is 2.27. The van der Waals surface area contributed by atoms with Crippen molar-refractivity contribution >= 4 is 50.3 Å². The first-order chi connectivity index (χ1) is 12.3. The quantitative estimate of drug-likeness (QED) is 0.457. The normalized spacial score (nSPS) is 14.7. The molecule has 0 unspecified atom stereocenters. The molecule has 1 amide bonds. The maximum absolute atomic E-state index is 13.7. The largest absolute Gasteiger partial charge is 0.331 e. The second-order valence-electron chi connectivity index (χ2n) is 5.22. The van der Waals surface area contributed by atoms with E-state index in [0.29, 0.717) is 11.3 Å². The minimum Gasteiger partial charge on any atom is -0.331 e. The molecule has 26 heavy (non-hydrogen) atoms. The van der Waals surface area contributed by atoms with E-state index in [1.54, 1.807) is 12.1 Å². The molecule has 1 heterocycles. The Morgan fingerprint density at radius 2 is 1.96 bits per heavy atom. The van der Waals surface area contributed by atoms with Crippen molar-refractivity contribution in [3.8, 4) is 0 Å². The summed E-state index contributed by atoms with van der Waals surface area (Å²) in [4.78, 5) is 11.8. The Bertz CT molecular complexity index is 1050. The first-order valence-corrected chi connectivity index (χ1v) is 9.09. The van der Waals surface area contributed by atoms with Gasteiger partial charge in [-0.2, -0.15) is 5.10 Å². The van der Waals surface area contributed by atoms with Crippen molar-refractivity contribution in [1.82, 2.24) is 5.43 Å². The van der Waals surface area contributed by atoms with Crippen LogP contribution in [-0.2, 0) is 14.8 Å². The van der Waals surface area contributed by atoms with E-state index in [4.69, 9.17) is 17.4 Å². The summed E-state index contributed by atoms with van der Waals surface area (Å²) in [7, 11) is -3.85. The third-order valence-electron chi connectivity index (χ3n) is 3.41. The van der Waals surface area contributed by atoms with Crippen LogP contribution in [0.3, 0.4) is 0 Å². The number of carbonyl (C=O) groups is 1. The molecule has 1 aliphatic heterocycles. The number of rotatable bonds is 3. The number of benzene rings is 2. The van der Waals surface area contributed by atoms with Gasteiger partial charge in [0.25, 0.3) is 5.91 Å². The van der Waals surface area contributed by atoms with E-state index >= 15 is 0 Å². The van der Waals surface area contributed by atoms with E-state index in [1.807, 2.05) is 0 Å². The molecule has 2 aromatic carbocycles. The number of fused-ring (bicyclic) bond motifs is 1. The fourth-order valence-corrected chi connectivity index (χ4v) is 2.99. The number of thiocarbonyl (C=S) groups is 1. The summed E-state index contributed by atoms with van der Waals surface area (Å²) in [6.45, 7) is 0. The van der Waals surface area contributed by atoms with Gasteiger partial charge in [0.15, 0.2) is 10.8 Å². The lowest BCUT2D eigenvalue weighted by molar-refractivity contribution is -0.110. The van der Waals surface area contributed by atoms with Gasteiger partial charge in [0, 0.05) is 11.3 Å². The molecule has 0 fully saturated rings. The maximum Gasteiger partial charge on any atom is 0.276 e. The Kier molecular flexibility index (Phi) is 4.68. The SMILES string of the molecule is NS(=O)(=O)c1cccc(NC(=S)NN=C2C(=O)Nc3c(F)cccc32)c1. The van der Waals surface area contributed by atoms with E-state index in [0.717, 1.165) is 0 Å². The van der Waals surface area contributed by atoms with Gasteiger partial charge in [-0.15, -0.1) is 0 Å². The Morgan fingerprint density at radius 3 is 2.69 bits per heavy atom.